The molecule has 1 atom stereocenters. The first-order valence-corrected chi connectivity index (χ1v) is 8.11. The van der Waals surface area contributed by atoms with Gasteiger partial charge >= 0.3 is 5.97 Å². The van der Waals surface area contributed by atoms with Crippen LogP contribution in [0.1, 0.15) is 87.5 Å². The van der Waals surface area contributed by atoms with Crippen molar-refractivity contribution in [1.29, 1.82) is 0 Å². The van der Waals surface area contributed by atoms with Crippen molar-refractivity contribution in [2.45, 2.75) is 87.5 Å². The quantitative estimate of drug-likeness (QED) is 0.449. The number of unbranched alkanes of at least 4 members (excludes halogenated alkanes) is 3. The topological polar surface area (TPSA) is 26.3 Å². The van der Waals surface area contributed by atoms with E-state index in [2.05, 4.69) is 55.4 Å². The van der Waals surface area contributed by atoms with Crippen LogP contribution in [0.25, 0.3) is 0 Å². The maximum Gasteiger partial charge on any atom is 0.312 e. The molecule has 0 bridgehead atoms. The Bertz CT molecular complexity index is 294. The zero-order valence-corrected chi connectivity index (χ0v) is 15.1. The van der Waals surface area contributed by atoms with Crippen molar-refractivity contribution in [1.82, 2.24) is 0 Å². The molecule has 0 aromatic rings. The third-order valence-corrected chi connectivity index (χ3v) is 4.22. The van der Waals surface area contributed by atoms with Crippen LogP contribution in [0.4, 0.5) is 0 Å². The predicted molar refractivity (Wildman–Crippen MR) is 86.7 cm³/mol. The molecule has 2 nitrogen and oxygen atoms in total. The highest BCUT2D eigenvalue weighted by molar-refractivity contribution is 5.77. The molecular weight excluding hydrogens is 248 g/mol. The first-order valence-electron chi connectivity index (χ1n) is 8.11. The van der Waals surface area contributed by atoms with Gasteiger partial charge in [-0.1, -0.05) is 67.7 Å². The third kappa shape index (κ3) is 6.28. The van der Waals surface area contributed by atoms with E-state index in [-0.39, 0.29) is 16.8 Å². The summed E-state index contributed by atoms with van der Waals surface area (Å²) in [6.07, 6.45) is 5.40. The highest BCUT2D eigenvalue weighted by atomic mass is 16.5. The van der Waals surface area contributed by atoms with Gasteiger partial charge in [0.2, 0.25) is 0 Å². The van der Waals surface area contributed by atoms with Crippen molar-refractivity contribution in [3.63, 3.8) is 0 Å². The Morgan fingerprint density at radius 2 is 1.45 bits per heavy atom. The molecule has 0 rings (SSSR count). The molecule has 0 aromatic heterocycles. The second-order valence-electron chi connectivity index (χ2n) is 8.52. The second-order valence-corrected chi connectivity index (χ2v) is 8.52. The maximum atomic E-state index is 12.6. The van der Waals surface area contributed by atoms with Crippen LogP contribution in [0.15, 0.2) is 0 Å². The standard InChI is InChI=1S/C18H36O2/c1-9-10-11-12-13-20-15(19)18(8,17(5,6)7)14-16(2,3)4/h9-14H2,1-8H3. The van der Waals surface area contributed by atoms with E-state index in [1.165, 1.54) is 12.8 Å². The average molecular weight is 284 g/mol. The van der Waals surface area contributed by atoms with Gasteiger partial charge in [0.1, 0.15) is 0 Å². The summed E-state index contributed by atoms with van der Waals surface area (Å²) < 4.78 is 5.59. The average Bonchev–Trinajstić information content (AvgIpc) is 2.24. The van der Waals surface area contributed by atoms with Gasteiger partial charge in [-0.2, -0.15) is 0 Å². The Labute approximate surface area is 126 Å². The van der Waals surface area contributed by atoms with E-state index in [0.29, 0.717) is 6.61 Å². The van der Waals surface area contributed by atoms with Gasteiger partial charge in [-0.15, -0.1) is 0 Å². The zero-order valence-electron chi connectivity index (χ0n) is 15.1. The summed E-state index contributed by atoms with van der Waals surface area (Å²) >= 11 is 0. The normalized spacial score (nSPS) is 15.8. The summed E-state index contributed by atoms with van der Waals surface area (Å²) in [6.45, 7) is 17.8. The van der Waals surface area contributed by atoms with Crippen LogP contribution in [-0.4, -0.2) is 12.6 Å². The lowest BCUT2D eigenvalue weighted by molar-refractivity contribution is -0.164. The molecule has 0 aromatic carbocycles. The summed E-state index contributed by atoms with van der Waals surface area (Å²) in [5.74, 6) is -0.0311. The fourth-order valence-electron chi connectivity index (χ4n) is 2.56. The van der Waals surface area contributed by atoms with Gasteiger partial charge in [0.25, 0.3) is 0 Å². The van der Waals surface area contributed by atoms with Crippen LogP contribution in [0.5, 0.6) is 0 Å². The van der Waals surface area contributed by atoms with E-state index >= 15 is 0 Å². The lowest BCUT2D eigenvalue weighted by Gasteiger charge is -2.43. The van der Waals surface area contributed by atoms with Crippen molar-refractivity contribution in [3.05, 3.63) is 0 Å². The van der Waals surface area contributed by atoms with Gasteiger partial charge in [0, 0.05) is 0 Å². The first-order chi connectivity index (χ1) is 8.94. The Kier molecular flexibility index (Phi) is 7.27. The minimum Gasteiger partial charge on any atom is -0.465 e. The lowest BCUT2D eigenvalue weighted by Crippen LogP contribution is -2.44. The molecule has 120 valence electrons. The largest absolute Gasteiger partial charge is 0.465 e. The Morgan fingerprint density at radius 3 is 1.85 bits per heavy atom. The molecule has 0 saturated carbocycles. The maximum absolute atomic E-state index is 12.6. The number of hydrogen-bond donors (Lipinski definition) is 0. The fraction of sp³-hybridized carbons (Fsp3) is 0.944. The summed E-state index contributed by atoms with van der Waals surface area (Å²) in [6, 6.07) is 0. The van der Waals surface area contributed by atoms with Crippen molar-refractivity contribution in [2.75, 3.05) is 6.61 Å². The number of esters is 1. The minimum absolute atomic E-state index is 0.0311. The summed E-state index contributed by atoms with van der Waals surface area (Å²) in [5, 5.41) is 0. The lowest BCUT2D eigenvalue weighted by atomic mass is 9.61. The van der Waals surface area contributed by atoms with Crippen LogP contribution >= 0.6 is 0 Å². The number of ether oxygens (including phenoxy) is 1. The van der Waals surface area contributed by atoms with E-state index < -0.39 is 5.41 Å². The monoisotopic (exact) mass is 284 g/mol. The third-order valence-electron chi connectivity index (χ3n) is 4.22. The number of rotatable bonds is 7. The Balaban J connectivity index is 4.68. The van der Waals surface area contributed by atoms with E-state index in [1.807, 2.05) is 0 Å². The summed E-state index contributed by atoms with van der Waals surface area (Å²) in [5.41, 5.74) is -0.417. The molecule has 0 aliphatic rings. The van der Waals surface area contributed by atoms with E-state index in [1.54, 1.807) is 0 Å². The molecule has 0 saturated heterocycles. The van der Waals surface area contributed by atoms with Gasteiger partial charge in [-0.3, -0.25) is 4.79 Å². The van der Waals surface area contributed by atoms with Crippen LogP contribution < -0.4 is 0 Å². The van der Waals surface area contributed by atoms with Crippen molar-refractivity contribution in [3.8, 4) is 0 Å². The summed E-state index contributed by atoms with van der Waals surface area (Å²) in [4.78, 5) is 12.6. The van der Waals surface area contributed by atoms with Crippen LogP contribution in [0.2, 0.25) is 0 Å². The smallest absolute Gasteiger partial charge is 0.312 e. The molecule has 0 spiro atoms. The first kappa shape index (κ1) is 19.5. The number of carbonyl (C=O) groups is 1. The summed E-state index contributed by atoms with van der Waals surface area (Å²) in [7, 11) is 0. The van der Waals surface area contributed by atoms with Crippen molar-refractivity contribution in [2.24, 2.45) is 16.2 Å². The van der Waals surface area contributed by atoms with Gasteiger partial charge in [0.05, 0.1) is 12.0 Å². The fourth-order valence-corrected chi connectivity index (χ4v) is 2.56. The van der Waals surface area contributed by atoms with Crippen LogP contribution in [-0.2, 0) is 9.53 Å². The van der Waals surface area contributed by atoms with Gasteiger partial charge in [0.15, 0.2) is 0 Å². The molecule has 1 unspecified atom stereocenters. The molecule has 0 aliphatic carbocycles. The van der Waals surface area contributed by atoms with E-state index in [9.17, 15) is 4.79 Å². The SMILES string of the molecule is CCCCCCOC(=O)C(C)(CC(C)(C)C)C(C)(C)C. The van der Waals surface area contributed by atoms with Gasteiger partial charge in [-0.05, 0) is 30.6 Å². The van der Waals surface area contributed by atoms with Gasteiger partial charge < -0.3 is 4.74 Å². The zero-order chi connectivity index (χ0) is 16.0. The van der Waals surface area contributed by atoms with Crippen LogP contribution in [0.3, 0.4) is 0 Å². The van der Waals surface area contributed by atoms with Crippen molar-refractivity contribution < 1.29 is 9.53 Å². The van der Waals surface area contributed by atoms with Crippen molar-refractivity contribution >= 4 is 5.97 Å². The molecule has 0 radical (unpaired) electrons. The minimum atomic E-state index is -0.435. The predicted octanol–water partition coefficient (Wildman–Crippen LogP) is 5.60. The molecule has 0 N–H and O–H groups in total. The molecular formula is C18H36O2. The van der Waals surface area contributed by atoms with Crippen LogP contribution in [0, 0.1) is 16.2 Å². The Hall–Kier alpha value is -0.530. The molecule has 0 aliphatic heterocycles. The molecule has 2 heteroatoms. The number of carbonyl (C=O) groups excluding carboxylic acids is 1. The molecule has 0 heterocycles. The van der Waals surface area contributed by atoms with Gasteiger partial charge in [-0.25, -0.2) is 0 Å². The molecule has 20 heavy (non-hydrogen) atoms. The van der Waals surface area contributed by atoms with E-state index in [4.69, 9.17) is 4.74 Å². The molecule has 0 fully saturated rings. The highest BCUT2D eigenvalue weighted by Gasteiger charge is 2.47. The molecule has 0 amide bonds. The second kappa shape index (κ2) is 7.47. The highest BCUT2D eigenvalue weighted by Crippen LogP contribution is 2.47. The Morgan fingerprint density at radius 1 is 0.900 bits per heavy atom. The van der Waals surface area contributed by atoms with E-state index in [0.717, 1.165) is 19.3 Å². The number of hydrogen-bond acceptors (Lipinski definition) is 2.